The lowest BCUT2D eigenvalue weighted by atomic mass is 10.2. The van der Waals surface area contributed by atoms with Gasteiger partial charge in [0.25, 0.3) is 0 Å². The van der Waals surface area contributed by atoms with Crippen LogP contribution in [0, 0.1) is 0 Å². The molecule has 0 unspecified atom stereocenters. The lowest BCUT2D eigenvalue weighted by molar-refractivity contribution is -0.138. The van der Waals surface area contributed by atoms with E-state index in [-0.39, 0.29) is 18.7 Å². The van der Waals surface area contributed by atoms with Crippen LogP contribution in [0.3, 0.4) is 0 Å². The van der Waals surface area contributed by atoms with Crippen LogP contribution in [0.4, 0.5) is 0 Å². The van der Waals surface area contributed by atoms with E-state index in [2.05, 4.69) is 0 Å². The van der Waals surface area contributed by atoms with Crippen molar-refractivity contribution in [1.29, 1.82) is 0 Å². The topological polar surface area (TPSA) is 77.9 Å². The van der Waals surface area contributed by atoms with Gasteiger partial charge >= 0.3 is 5.97 Å². The molecule has 6 nitrogen and oxygen atoms in total. The van der Waals surface area contributed by atoms with Crippen LogP contribution in [-0.2, 0) is 14.4 Å². The van der Waals surface area contributed by atoms with Gasteiger partial charge in [-0.2, -0.15) is 0 Å². The molecule has 0 spiro atoms. The van der Waals surface area contributed by atoms with Crippen LogP contribution >= 0.6 is 0 Å². The maximum Gasteiger partial charge on any atom is 0.303 e. The van der Waals surface area contributed by atoms with Crippen LogP contribution in [0.2, 0.25) is 0 Å². The molecule has 0 radical (unpaired) electrons. The zero-order chi connectivity index (χ0) is 12.0. The minimum absolute atomic E-state index is 0.0215. The third kappa shape index (κ3) is 3.88. The highest BCUT2D eigenvalue weighted by atomic mass is 16.4. The predicted molar refractivity (Wildman–Crippen MR) is 55.7 cm³/mol. The number of aliphatic carboxylic acids is 1. The van der Waals surface area contributed by atoms with Gasteiger partial charge in [0, 0.05) is 39.0 Å². The van der Waals surface area contributed by atoms with Crippen molar-refractivity contribution in [3.63, 3.8) is 0 Å². The molecule has 0 aromatic carbocycles. The molecule has 16 heavy (non-hydrogen) atoms. The van der Waals surface area contributed by atoms with E-state index in [4.69, 9.17) is 5.11 Å². The number of rotatable bonds is 5. The Kier molecular flexibility index (Phi) is 4.75. The van der Waals surface area contributed by atoms with Crippen molar-refractivity contribution in [2.24, 2.45) is 0 Å². The first-order chi connectivity index (χ1) is 7.63. The summed E-state index contributed by atoms with van der Waals surface area (Å²) in [6.45, 7) is 2.22. The third-order valence-corrected chi connectivity index (χ3v) is 2.60. The zero-order valence-corrected chi connectivity index (χ0v) is 9.09. The Labute approximate surface area is 93.8 Å². The molecule has 1 fully saturated rings. The van der Waals surface area contributed by atoms with Crippen molar-refractivity contribution in [3.05, 3.63) is 0 Å². The van der Waals surface area contributed by atoms with E-state index in [9.17, 15) is 14.4 Å². The fourth-order valence-corrected chi connectivity index (χ4v) is 1.63. The van der Waals surface area contributed by atoms with Gasteiger partial charge in [0.05, 0.1) is 0 Å². The lowest BCUT2D eigenvalue weighted by Gasteiger charge is -2.32. The summed E-state index contributed by atoms with van der Waals surface area (Å²) in [4.78, 5) is 35.6. The van der Waals surface area contributed by atoms with Gasteiger partial charge in [-0.1, -0.05) is 0 Å². The molecule has 90 valence electrons. The van der Waals surface area contributed by atoms with Crippen LogP contribution in [0.15, 0.2) is 0 Å². The summed E-state index contributed by atoms with van der Waals surface area (Å²) >= 11 is 0. The highest BCUT2D eigenvalue weighted by Gasteiger charge is 2.19. The number of carboxylic acid groups (broad SMARTS) is 1. The molecule has 0 aromatic heterocycles. The van der Waals surface area contributed by atoms with Gasteiger partial charge in [-0.3, -0.25) is 14.4 Å². The van der Waals surface area contributed by atoms with E-state index in [1.54, 1.807) is 9.80 Å². The number of nitrogens with zero attached hydrogens (tertiary/aromatic N) is 2. The van der Waals surface area contributed by atoms with E-state index in [0.717, 1.165) is 6.41 Å². The molecule has 1 aliphatic heterocycles. The van der Waals surface area contributed by atoms with Gasteiger partial charge in [0.2, 0.25) is 12.3 Å². The second-order valence-electron chi connectivity index (χ2n) is 3.77. The summed E-state index contributed by atoms with van der Waals surface area (Å²) in [6, 6.07) is 0. The summed E-state index contributed by atoms with van der Waals surface area (Å²) < 4.78 is 0. The highest BCUT2D eigenvalue weighted by Crippen LogP contribution is 2.05. The molecule has 0 aliphatic carbocycles. The number of carbonyl (C=O) groups is 3. The van der Waals surface area contributed by atoms with E-state index in [0.29, 0.717) is 32.6 Å². The summed E-state index contributed by atoms with van der Waals surface area (Å²) in [5, 5.41) is 8.43. The zero-order valence-electron chi connectivity index (χ0n) is 9.09. The Morgan fingerprint density at radius 1 is 1.12 bits per heavy atom. The number of amides is 2. The lowest BCUT2D eigenvalue weighted by Crippen LogP contribution is -2.48. The molecule has 1 heterocycles. The van der Waals surface area contributed by atoms with Crippen molar-refractivity contribution >= 4 is 18.3 Å². The summed E-state index contributed by atoms with van der Waals surface area (Å²) in [7, 11) is 0. The minimum atomic E-state index is -0.876. The standard InChI is InChI=1S/C10H16N2O4/c13-8-11-4-6-12(7-5-11)9(14)2-1-3-10(15)16/h8H,1-7H2,(H,15,16). The van der Waals surface area contributed by atoms with Gasteiger partial charge in [0.1, 0.15) is 0 Å². The van der Waals surface area contributed by atoms with Gasteiger partial charge in [0.15, 0.2) is 0 Å². The van der Waals surface area contributed by atoms with Gasteiger partial charge < -0.3 is 14.9 Å². The highest BCUT2D eigenvalue weighted by molar-refractivity contribution is 5.77. The van der Waals surface area contributed by atoms with E-state index >= 15 is 0 Å². The Bertz CT molecular complexity index is 272. The quantitative estimate of drug-likeness (QED) is 0.646. The average Bonchev–Trinajstić information content (AvgIpc) is 2.28. The number of piperazine rings is 1. The van der Waals surface area contributed by atoms with E-state index in [1.165, 1.54) is 0 Å². The first-order valence-electron chi connectivity index (χ1n) is 5.32. The number of carboxylic acids is 1. The molecule has 0 bridgehead atoms. The minimum Gasteiger partial charge on any atom is -0.481 e. The summed E-state index contributed by atoms with van der Waals surface area (Å²) in [6.07, 6.45) is 1.46. The van der Waals surface area contributed by atoms with E-state index < -0.39 is 5.97 Å². The normalized spacial score (nSPS) is 16.0. The molecule has 0 saturated carbocycles. The Morgan fingerprint density at radius 3 is 2.25 bits per heavy atom. The maximum absolute atomic E-state index is 11.6. The van der Waals surface area contributed by atoms with Gasteiger partial charge in [-0.05, 0) is 6.42 Å². The molecule has 1 N–H and O–H groups in total. The third-order valence-electron chi connectivity index (χ3n) is 2.60. The van der Waals surface area contributed by atoms with Gasteiger partial charge in [-0.25, -0.2) is 0 Å². The average molecular weight is 228 g/mol. The number of carbonyl (C=O) groups excluding carboxylic acids is 2. The molecule has 1 rings (SSSR count). The first-order valence-corrected chi connectivity index (χ1v) is 5.32. The van der Waals surface area contributed by atoms with Crippen molar-refractivity contribution in [1.82, 2.24) is 9.80 Å². The van der Waals surface area contributed by atoms with Crippen molar-refractivity contribution in [3.8, 4) is 0 Å². The van der Waals surface area contributed by atoms with Crippen LogP contribution in [0.25, 0.3) is 0 Å². The van der Waals surface area contributed by atoms with Crippen molar-refractivity contribution in [2.75, 3.05) is 26.2 Å². The number of hydrogen-bond acceptors (Lipinski definition) is 3. The second-order valence-corrected chi connectivity index (χ2v) is 3.77. The molecule has 0 atom stereocenters. The van der Waals surface area contributed by atoms with Crippen LogP contribution < -0.4 is 0 Å². The Balaban J connectivity index is 2.22. The molecule has 6 heteroatoms. The monoisotopic (exact) mass is 228 g/mol. The molecular weight excluding hydrogens is 212 g/mol. The summed E-state index contributed by atoms with van der Waals surface area (Å²) in [5.41, 5.74) is 0. The molecule has 0 aromatic rings. The molecule has 2 amide bonds. The largest absolute Gasteiger partial charge is 0.481 e. The fraction of sp³-hybridized carbons (Fsp3) is 0.700. The van der Waals surface area contributed by atoms with Crippen molar-refractivity contribution < 1.29 is 19.5 Å². The maximum atomic E-state index is 11.6. The van der Waals surface area contributed by atoms with Gasteiger partial charge in [-0.15, -0.1) is 0 Å². The van der Waals surface area contributed by atoms with Crippen LogP contribution in [-0.4, -0.2) is 59.4 Å². The molecule has 1 saturated heterocycles. The smallest absolute Gasteiger partial charge is 0.303 e. The van der Waals surface area contributed by atoms with Crippen LogP contribution in [0.5, 0.6) is 0 Å². The Hall–Kier alpha value is -1.59. The van der Waals surface area contributed by atoms with E-state index in [1.807, 2.05) is 0 Å². The second kappa shape index (κ2) is 6.09. The van der Waals surface area contributed by atoms with Crippen molar-refractivity contribution in [2.45, 2.75) is 19.3 Å². The molecule has 1 aliphatic rings. The predicted octanol–water partition coefficient (Wildman–Crippen LogP) is -0.458. The first kappa shape index (κ1) is 12.5. The summed E-state index contributed by atoms with van der Waals surface area (Å²) in [5.74, 6) is -0.898. The SMILES string of the molecule is O=CN1CCN(C(=O)CCCC(=O)O)CC1. The Morgan fingerprint density at radius 2 is 1.75 bits per heavy atom. The number of hydrogen-bond donors (Lipinski definition) is 1. The molecular formula is C10H16N2O4. The van der Waals surface area contributed by atoms with Crippen LogP contribution in [0.1, 0.15) is 19.3 Å². The fourth-order valence-electron chi connectivity index (χ4n) is 1.63.